The highest BCUT2D eigenvalue weighted by atomic mass is 35.5. The number of aliphatic hydroxyl groups excluding tert-OH is 1. The third-order valence-electron chi connectivity index (χ3n) is 1.97. The van der Waals surface area contributed by atoms with Gasteiger partial charge in [0.1, 0.15) is 5.69 Å². The van der Waals surface area contributed by atoms with Crippen molar-refractivity contribution >= 4 is 11.6 Å². The highest BCUT2D eigenvalue weighted by molar-refractivity contribution is 6.17. The third kappa shape index (κ3) is 2.19. The van der Waals surface area contributed by atoms with Crippen LogP contribution in [0.5, 0.6) is 0 Å². The number of rotatable bonds is 3. The number of aromatic nitrogens is 1. The van der Waals surface area contributed by atoms with E-state index in [0.29, 0.717) is 16.8 Å². The van der Waals surface area contributed by atoms with Crippen molar-refractivity contribution in [2.24, 2.45) is 0 Å². The minimum Gasteiger partial charge on any atom is -0.392 e. The topological polar surface area (TPSA) is 33.1 Å². The van der Waals surface area contributed by atoms with Crippen LogP contribution in [0.15, 0.2) is 6.07 Å². The summed E-state index contributed by atoms with van der Waals surface area (Å²) in [6, 6.07) is 1.23. The molecule has 14 heavy (non-hydrogen) atoms. The normalized spacial score (nSPS) is 11.0. The van der Waals surface area contributed by atoms with Crippen LogP contribution in [0.25, 0.3) is 0 Å². The van der Waals surface area contributed by atoms with Crippen molar-refractivity contribution in [3.8, 4) is 0 Å². The fourth-order valence-corrected chi connectivity index (χ4v) is 1.48. The smallest absolute Gasteiger partial charge is 0.280 e. The summed E-state index contributed by atoms with van der Waals surface area (Å²) in [6.45, 7) is 1.35. The molecule has 1 N–H and O–H groups in total. The van der Waals surface area contributed by atoms with Gasteiger partial charge in [-0.2, -0.15) is 0 Å². The number of nitrogens with zero attached hydrogens (tertiary/aromatic N) is 1. The molecule has 0 amide bonds. The van der Waals surface area contributed by atoms with Crippen molar-refractivity contribution in [1.29, 1.82) is 0 Å². The molecule has 78 valence electrons. The van der Waals surface area contributed by atoms with Gasteiger partial charge in [0.25, 0.3) is 6.43 Å². The quantitative estimate of drug-likeness (QED) is 0.796. The molecule has 0 spiro atoms. The van der Waals surface area contributed by atoms with Gasteiger partial charge in [-0.15, -0.1) is 11.6 Å². The van der Waals surface area contributed by atoms with E-state index in [0.717, 1.165) is 0 Å². The van der Waals surface area contributed by atoms with Gasteiger partial charge in [-0.1, -0.05) is 0 Å². The molecule has 0 aromatic carbocycles. The Morgan fingerprint density at radius 3 is 2.64 bits per heavy atom. The zero-order valence-corrected chi connectivity index (χ0v) is 8.35. The molecule has 5 heteroatoms. The fraction of sp³-hybridized carbons (Fsp3) is 0.444. The van der Waals surface area contributed by atoms with Crippen molar-refractivity contribution in [2.75, 3.05) is 0 Å². The minimum absolute atomic E-state index is 0.0962. The zero-order valence-electron chi connectivity index (χ0n) is 7.60. The summed E-state index contributed by atoms with van der Waals surface area (Å²) in [5.41, 5.74) is 1.15. The van der Waals surface area contributed by atoms with Crippen LogP contribution in [0.3, 0.4) is 0 Å². The zero-order chi connectivity index (χ0) is 10.7. The summed E-state index contributed by atoms with van der Waals surface area (Å²) in [4.78, 5) is 3.68. The van der Waals surface area contributed by atoms with Gasteiger partial charge in [0.15, 0.2) is 0 Å². The van der Waals surface area contributed by atoms with Gasteiger partial charge in [-0.25, -0.2) is 8.78 Å². The highest BCUT2D eigenvalue weighted by Crippen LogP contribution is 2.22. The first-order chi connectivity index (χ1) is 6.60. The Hall–Kier alpha value is -0.740. The molecule has 1 rings (SSSR count). The molecule has 0 radical (unpaired) electrons. The lowest BCUT2D eigenvalue weighted by Gasteiger charge is -2.10. The molecule has 0 bridgehead atoms. The lowest BCUT2D eigenvalue weighted by molar-refractivity contribution is 0.145. The number of alkyl halides is 3. The van der Waals surface area contributed by atoms with Gasteiger partial charge in [0, 0.05) is 17.1 Å². The largest absolute Gasteiger partial charge is 0.392 e. The molecule has 0 saturated carbocycles. The standard InChI is InChI=1S/C9H10ClF2NO/c1-5-7(4-14)6(3-10)2-8(13-5)9(11)12/h2,9,14H,3-4H2,1H3. The van der Waals surface area contributed by atoms with Crippen LogP contribution in [0, 0.1) is 6.92 Å². The van der Waals surface area contributed by atoms with Gasteiger partial charge in [-0.3, -0.25) is 4.98 Å². The number of aliphatic hydroxyl groups is 1. The first-order valence-corrected chi connectivity index (χ1v) is 4.57. The van der Waals surface area contributed by atoms with Gasteiger partial charge in [-0.05, 0) is 18.6 Å². The Labute approximate surface area is 85.5 Å². The van der Waals surface area contributed by atoms with Gasteiger partial charge in [0.05, 0.1) is 6.61 Å². The summed E-state index contributed by atoms with van der Waals surface area (Å²) >= 11 is 5.58. The first kappa shape index (κ1) is 11.3. The van der Waals surface area contributed by atoms with Crippen LogP contribution >= 0.6 is 11.6 Å². The number of hydrogen-bond acceptors (Lipinski definition) is 2. The van der Waals surface area contributed by atoms with Crippen molar-refractivity contribution in [1.82, 2.24) is 4.98 Å². The second kappa shape index (κ2) is 4.66. The van der Waals surface area contributed by atoms with Crippen molar-refractivity contribution in [3.05, 3.63) is 28.6 Å². The van der Waals surface area contributed by atoms with Crippen LogP contribution in [0.4, 0.5) is 8.78 Å². The maximum Gasteiger partial charge on any atom is 0.280 e. The second-order valence-electron chi connectivity index (χ2n) is 2.86. The van der Waals surface area contributed by atoms with Gasteiger partial charge < -0.3 is 5.11 Å². The molecule has 1 aromatic heterocycles. The molecule has 1 aromatic rings. The summed E-state index contributed by atoms with van der Waals surface area (Å²) in [7, 11) is 0. The lowest BCUT2D eigenvalue weighted by atomic mass is 10.1. The average Bonchev–Trinajstić information content (AvgIpc) is 2.16. The maximum absolute atomic E-state index is 12.3. The summed E-state index contributed by atoms with van der Waals surface area (Å²) in [5.74, 6) is 0.0962. The van der Waals surface area contributed by atoms with E-state index in [-0.39, 0.29) is 18.2 Å². The Morgan fingerprint density at radius 1 is 1.57 bits per heavy atom. The van der Waals surface area contributed by atoms with E-state index in [1.54, 1.807) is 6.92 Å². The molecule has 0 aliphatic heterocycles. The van der Waals surface area contributed by atoms with Crippen LogP contribution in [-0.2, 0) is 12.5 Å². The molecule has 0 fully saturated rings. The van der Waals surface area contributed by atoms with Crippen molar-refractivity contribution in [2.45, 2.75) is 25.8 Å². The van der Waals surface area contributed by atoms with E-state index in [9.17, 15) is 8.78 Å². The predicted octanol–water partition coefficient (Wildman–Crippen LogP) is 2.56. The summed E-state index contributed by atoms with van der Waals surface area (Å²) in [6.07, 6.45) is -2.61. The first-order valence-electron chi connectivity index (χ1n) is 4.04. The van der Waals surface area contributed by atoms with E-state index >= 15 is 0 Å². The van der Waals surface area contributed by atoms with Crippen LogP contribution < -0.4 is 0 Å². The maximum atomic E-state index is 12.3. The van der Waals surface area contributed by atoms with Gasteiger partial charge >= 0.3 is 0 Å². The molecule has 0 aliphatic carbocycles. The van der Waals surface area contributed by atoms with Crippen LogP contribution in [0.1, 0.15) is 28.9 Å². The molecule has 0 aliphatic rings. The molecule has 2 nitrogen and oxygen atoms in total. The second-order valence-corrected chi connectivity index (χ2v) is 3.13. The van der Waals surface area contributed by atoms with E-state index in [2.05, 4.69) is 4.98 Å². The van der Waals surface area contributed by atoms with Crippen LogP contribution in [0.2, 0.25) is 0 Å². The fourth-order valence-electron chi connectivity index (χ4n) is 1.24. The van der Waals surface area contributed by atoms with E-state index in [4.69, 9.17) is 16.7 Å². The Morgan fingerprint density at radius 2 is 2.21 bits per heavy atom. The van der Waals surface area contributed by atoms with Crippen LogP contribution in [-0.4, -0.2) is 10.1 Å². The van der Waals surface area contributed by atoms with Crippen molar-refractivity contribution in [3.63, 3.8) is 0 Å². The molecule has 0 saturated heterocycles. The molecule has 0 atom stereocenters. The Bertz CT molecular complexity index is 331. The summed E-state index contributed by atoms with van der Waals surface area (Å²) in [5, 5.41) is 8.97. The monoisotopic (exact) mass is 221 g/mol. The molecular formula is C9H10ClF2NO. The Kier molecular flexibility index (Phi) is 3.77. The van der Waals surface area contributed by atoms with E-state index in [1.807, 2.05) is 0 Å². The van der Waals surface area contributed by atoms with Crippen molar-refractivity contribution < 1.29 is 13.9 Å². The average molecular weight is 222 g/mol. The predicted molar refractivity (Wildman–Crippen MR) is 49.4 cm³/mol. The third-order valence-corrected chi connectivity index (χ3v) is 2.26. The molecule has 0 unspecified atom stereocenters. The van der Waals surface area contributed by atoms with E-state index in [1.165, 1.54) is 6.07 Å². The molecule has 1 heterocycles. The van der Waals surface area contributed by atoms with Gasteiger partial charge in [0.2, 0.25) is 0 Å². The number of pyridine rings is 1. The number of hydrogen-bond donors (Lipinski definition) is 1. The highest BCUT2D eigenvalue weighted by Gasteiger charge is 2.14. The summed E-state index contributed by atoms with van der Waals surface area (Å²) < 4.78 is 24.7. The SMILES string of the molecule is Cc1nc(C(F)F)cc(CCl)c1CO. The van der Waals surface area contributed by atoms with E-state index < -0.39 is 6.43 Å². The minimum atomic E-state index is -2.61. The molecular weight excluding hydrogens is 212 g/mol. The number of aryl methyl sites for hydroxylation is 1. The Balaban J connectivity index is 3.24. The lowest BCUT2D eigenvalue weighted by Crippen LogP contribution is -2.02. The number of halogens is 3.